The summed E-state index contributed by atoms with van der Waals surface area (Å²) in [6.45, 7) is 0.390. The van der Waals surface area contributed by atoms with Gasteiger partial charge >= 0.3 is 0 Å². The minimum Gasteiger partial charge on any atom is -0.396 e. The molecule has 0 aliphatic carbocycles. The van der Waals surface area contributed by atoms with Crippen LogP contribution >= 0.6 is 0 Å². The molecule has 0 rings (SSSR count). The Morgan fingerprint density at radius 2 is 1.25 bits per heavy atom. The molecular weight excluding hydrogens is 108 g/mol. The van der Waals surface area contributed by atoms with E-state index in [1.807, 2.05) is 0 Å². The molecule has 3 heteroatoms. The highest BCUT2D eigenvalue weighted by molar-refractivity contribution is 4.30. The lowest BCUT2D eigenvalue weighted by Crippen LogP contribution is -1.85. The molecule has 8 heavy (non-hydrogen) atoms. The van der Waals surface area contributed by atoms with Crippen LogP contribution in [0.2, 0.25) is 0 Å². The van der Waals surface area contributed by atoms with Gasteiger partial charge in [0, 0.05) is 13.2 Å². The summed E-state index contributed by atoms with van der Waals surface area (Å²) in [6.07, 6.45) is 1.44. The molecule has 1 radical (unpaired) electrons. The Morgan fingerprint density at radius 1 is 1.00 bits per heavy atom. The number of hydrogen-bond acceptors (Lipinski definition) is 2. The Balaban J connectivity index is 0. The molecule has 0 heterocycles. The average Bonchev–Trinajstić information content (AvgIpc) is 1.88. The molecule has 3 nitrogen and oxygen atoms in total. The summed E-state index contributed by atoms with van der Waals surface area (Å²) < 4.78 is 0. The van der Waals surface area contributed by atoms with Gasteiger partial charge < -0.3 is 10.2 Å². The summed E-state index contributed by atoms with van der Waals surface area (Å²) in [5.41, 5.74) is 0. The van der Waals surface area contributed by atoms with Crippen LogP contribution in [0.1, 0.15) is 12.8 Å². The van der Waals surface area contributed by atoms with Gasteiger partial charge in [0.15, 0.2) is 0 Å². The van der Waals surface area contributed by atoms with Gasteiger partial charge in [-0.2, -0.15) is 0 Å². The van der Waals surface area contributed by atoms with E-state index in [1.54, 1.807) is 0 Å². The molecule has 0 aromatic rings. The number of hydrogen-bond donors (Lipinski definition) is 2. The Labute approximate surface area is 49.6 Å². The summed E-state index contributed by atoms with van der Waals surface area (Å²) in [6, 6.07) is 0. The predicted octanol–water partition coefficient (Wildman–Crippen LogP) is -0.202. The molecule has 0 saturated carbocycles. The monoisotopic (exact) mass is 121 g/mol. The van der Waals surface area contributed by atoms with Crippen molar-refractivity contribution in [3.8, 4) is 0 Å². The van der Waals surface area contributed by atoms with Crippen molar-refractivity contribution >= 4 is 0 Å². The lowest BCUT2D eigenvalue weighted by Gasteiger charge is -1.85. The fourth-order valence-corrected chi connectivity index (χ4v) is 0.224. The molecule has 0 atom stereocenters. The van der Waals surface area contributed by atoms with E-state index < -0.39 is 0 Å². The maximum Gasteiger partial charge on any atom is 0.0712 e. The molecule has 2 N–H and O–H groups in total. The molecule has 0 saturated heterocycles. The molecule has 0 amide bonds. The van der Waals surface area contributed by atoms with Crippen LogP contribution in [0, 0.1) is 0 Å². The first-order valence-corrected chi connectivity index (χ1v) is 2.54. The lowest BCUT2D eigenvalue weighted by molar-refractivity contribution is 0.242. The van der Waals surface area contributed by atoms with Gasteiger partial charge in [-0.3, -0.25) is 0 Å². The second-order valence-corrected chi connectivity index (χ2v) is 1.15. The van der Waals surface area contributed by atoms with Crippen molar-refractivity contribution < 1.29 is 15.3 Å². The van der Waals surface area contributed by atoms with Crippen LogP contribution in [-0.2, 0) is 5.11 Å². The molecule has 0 aliphatic rings. The van der Waals surface area contributed by atoms with Gasteiger partial charge in [0.25, 0.3) is 0 Å². The van der Waals surface area contributed by atoms with E-state index in [0.717, 1.165) is 20.0 Å². The number of aliphatic hydroxyl groups excluding tert-OH is 2. The summed E-state index contributed by atoms with van der Waals surface area (Å²) in [7, 11) is 0.750. The second-order valence-electron chi connectivity index (χ2n) is 1.15. The quantitative estimate of drug-likeness (QED) is 0.508. The zero-order valence-corrected chi connectivity index (χ0v) is 5.13. The molecule has 51 valence electrons. The first kappa shape index (κ1) is 10.8. The topological polar surface area (TPSA) is 60.4 Å². The largest absolute Gasteiger partial charge is 0.396 e. The average molecular weight is 121 g/mol. The molecule has 0 fully saturated rings. The number of unbranched alkanes of at least 4 members (excludes halogenated alkanes) is 1. The van der Waals surface area contributed by atoms with Crippen LogP contribution in [0.4, 0.5) is 0 Å². The van der Waals surface area contributed by atoms with Crippen molar-refractivity contribution in [3.05, 3.63) is 0 Å². The van der Waals surface area contributed by atoms with Crippen LogP contribution in [0.3, 0.4) is 0 Å². The fraction of sp³-hybridized carbons (Fsp3) is 1.00. The summed E-state index contributed by atoms with van der Waals surface area (Å²) in [4.78, 5) is 0. The molecule has 0 bridgehead atoms. The van der Waals surface area contributed by atoms with E-state index >= 15 is 0 Å². The second kappa shape index (κ2) is 15.8. The third kappa shape index (κ3) is 16.9. The minimum atomic E-state index is 0.195. The van der Waals surface area contributed by atoms with Crippen LogP contribution < -0.4 is 0 Å². The highest BCUT2D eigenvalue weighted by Crippen LogP contribution is 1.80. The van der Waals surface area contributed by atoms with Crippen LogP contribution in [0.5, 0.6) is 0 Å². The van der Waals surface area contributed by atoms with Crippen molar-refractivity contribution in [3.63, 3.8) is 0 Å². The number of rotatable bonds is 3. The van der Waals surface area contributed by atoms with Gasteiger partial charge in [-0.15, -0.1) is 0 Å². The third-order valence-electron chi connectivity index (χ3n) is 0.566. The van der Waals surface area contributed by atoms with Gasteiger partial charge in [0.2, 0.25) is 0 Å². The SMILES string of the molecule is C[O].OCCCCO. The fourth-order valence-electron chi connectivity index (χ4n) is 0.224. The van der Waals surface area contributed by atoms with E-state index in [0.29, 0.717) is 0 Å². The smallest absolute Gasteiger partial charge is 0.0712 e. The van der Waals surface area contributed by atoms with Gasteiger partial charge in [-0.25, -0.2) is 5.11 Å². The molecule has 0 spiro atoms. The van der Waals surface area contributed by atoms with Gasteiger partial charge in [-0.1, -0.05) is 0 Å². The van der Waals surface area contributed by atoms with Gasteiger partial charge in [-0.05, 0) is 12.8 Å². The third-order valence-corrected chi connectivity index (χ3v) is 0.566. The highest BCUT2D eigenvalue weighted by atomic mass is 16.3. The summed E-state index contributed by atoms with van der Waals surface area (Å²) in [5, 5.41) is 24.4. The van der Waals surface area contributed by atoms with Crippen LogP contribution in [0.15, 0.2) is 0 Å². The lowest BCUT2D eigenvalue weighted by atomic mass is 10.3. The first-order valence-electron chi connectivity index (χ1n) is 2.54. The zero-order chi connectivity index (χ0) is 6.83. The Kier molecular flexibility index (Phi) is 21.3. The number of aliphatic hydroxyl groups is 2. The molecule has 0 aromatic carbocycles. The van der Waals surface area contributed by atoms with Crippen molar-refractivity contribution in [2.75, 3.05) is 20.3 Å². The maximum absolute atomic E-state index is 8.25. The Bertz CT molecular complexity index is 19.6. The Hall–Kier alpha value is -0.120. The standard InChI is InChI=1S/C4H10O2.CH3O/c5-3-1-2-4-6;1-2/h5-6H,1-4H2;1H3. The maximum atomic E-state index is 8.25. The zero-order valence-electron chi connectivity index (χ0n) is 5.13. The Morgan fingerprint density at radius 3 is 1.38 bits per heavy atom. The van der Waals surface area contributed by atoms with E-state index in [9.17, 15) is 0 Å². The molecule has 0 unspecified atom stereocenters. The van der Waals surface area contributed by atoms with Gasteiger partial charge in [0.05, 0.1) is 7.11 Å². The van der Waals surface area contributed by atoms with E-state index in [1.165, 1.54) is 0 Å². The predicted molar refractivity (Wildman–Crippen MR) is 30.0 cm³/mol. The van der Waals surface area contributed by atoms with Crippen molar-refractivity contribution in [2.45, 2.75) is 12.8 Å². The van der Waals surface area contributed by atoms with E-state index in [-0.39, 0.29) is 13.2 Å². The molecular formula is C5H13O3. The van der Waals surface area contributed by atoms with Crippen LogP contribution in [0.25, 0.3) is 0 Å². The first-order chi connectivity index (χ1) is 3.91. The van der Waals surface area contributed by atoms with Crippen molar-refractivity contribution in [2.24, 2.45) is 0 Å². The molecule has 0 aromatic heterocycles. The van der Waals surface area contributed by atoms with Gasteiger partial charge in [0.1, 0.15) is 0 Å². The highest BCUT2D eigenvalue weighted by Gasteiger charge is 1.77. The van der Waals surface area contributed by atoms with E-state index in [4.69, 9.17) is 15.3 Å². The van der Waals surface area contributed by atoms with Crippen molar-refractivity contribution in [1.82, 2.24) is 0 Å². The minimum absolute atomic E-state index is 0.195. The van der Waals surface area contributed by atoms with Crippen molar-refractivity contribution in [1.29, 1.82) is 0 Å². The summed E-state index contributed by atoms with van der Waals surface area (Å²) >= 11 is 0. The normalized spacial score (nSPS) is 7.50. The van der Waals surface area contributed by atoms with Crippen LogP contribution in [-0.4, -0.2) is 30.5 Å². The van der Waals surface area contributed by atoms with E-state index in [2.05, 4.69) is 0 Å². The summed E-state index contributed by atoms with van der Waals surface area (Å²) in [5.74, 6) is 0. The molecule has 0 aliphatic heterocycles.